The molecule has 0 radical (unpaired) electrons. The minimum atomic E-state index is -1.16. The zero-order valence-corrected chi connectivity index (χ0v) is 19.2. The molecule has 1 aliphatic heterocycles. The molecule has 0 aliphatic carbocycles. The van der Waals surface area contributed by atoms with Gasteiger partial charge in [-0.15, -0.1) is 0 Å². The lowest BCUT2D eigenvalue weighted by Gasteiger charge is -2.23. The monoisotopic (exact) mass is 431 g/mol. The van der Waals surface area contributed by atoms with Gasteiger partial charge in [0, 0.05) is 24.2 Å². The van der Waals surface area contributed by atoms with Gasteiger partial charge in [0.05, 0.1) is 5.92 Å². The molecule has 0 bridgehead atoms. The molecule has 1 saturated heterocycles. The van der Waals surface area contributed by atoms with E-state index in [9.17, 15) is 19.2 Å². The molecule has 0 saturated carbocycles. The number of anilines is 1. The number of carbonyl (C=O) groups excluding carboxylic acids is 4. The van der Waals surface area contributed by atoms with Crippen LogP contribution in [0.5, 0.6) is 0 Å². The van der Waals surface area contributed by atoms with E-state index in [4.69, 9.17) is 4.74 Å². The SMILES string of the molecule is CC[C@@H](C)c1ccccc1N1C[C@@H](C(=O)O[C@@H](C)C(=O)NC(=O)NC(C)(C)C)CC1=O. The van der Waals surface area contributed by atoms with Crippen molar-refractivity contribution in [2.75, 3.05) is 11.4 Å². The summed E-state index contributed by atoms with van der Waals surface area (Å²) in [4.78, 5) is 50.8. The average Bonchev–Trinajstić information content (AvgIpc) is 3.07. The fraction of sp³-hybridized carbons (Fsp3) is 0.565. The molecule has 31 heavy (non-hydrogen) atoms. The molecule has 8 nitrogen and oxygen atoms in total. The molecule has 1 fully saturated rings. The summed E-state index contributed by atoms with van der Waals surface area (Å²) in [5.41, 5.74) is 1.36. The van der Waals surface area contributed by atoms with E-state index < -0.39 is 35.5 Å². The Labute approximate surface area is 183 Å². The number of nitrogens with one attached hydrogen (secondary N) is 2. The topological polar surface area (TPSA) is 105 Å². The summed E-state index contributed by atoms with van der Waals surface area (Å²) in [5.74, 6) is -1.90. The molecule has 3 atom stereocenters. The molecule has 0 spiro atoms. The number of nitrogens with zero attached hydrogens (tertiary/aromatic N) is 1. The van der Waals surface area contributed by atoms with Crippen LogP contribution >= 0.6 is 0 Å². The molecule has 170 valence electrons. The Kier molecular flexibility index (Phi) is 7.81. The zero-order valence-electron chi connectivity index (χ0n) is 19.2. The number of hydrogen-bond donors (Lipinski definition) is 2. The minimum absolute atomic E-state index is 0.0204. The lowest BCUT2D eigenvalue weighted by molar-refractivity contribution is -0.158. The maximum absolute atomic E-state index is 12.6. The number of benzene rings is 1. The van der Waals surface area contributed by atoms with E-state index >= 15 is 0 Å². The van der Waals surface area contributed by atoms with E-state index in [0.29, 0.717) is 0 Å². The van der Waals surface area contributed by atoms with E-state index in [1.54, 1.807) is 25.7 Å². The molecule has 1 heterocycles. The fourth-order valence-corrected chi connectivity index (χ4v) is 3.38. The molecule has 8 heteroatoms. The number of ether oxygens (including phenoxy) is 1. The molecule has 0 unspecified atom stereocenters. The second-order valence-electron chi connectivity index (χ2n) is 9.05. The van der Waals surface area contributed by atoms with Gasteiger partial charge in [-0.05, 0) is 51.7 Å². The van der Waals surface area contributed by atoms with Crippen LogP contribution in [0, 0.1) is 5.92 Å². The summed E-state index contributed by atoms with van der Waals surface area (Å²) in [7, 11) is 0. The van der Waals surface area contributed by atoms with Gasteiger partial charge in [-0.3, -0.25) is 19.7 Å². The van der Waals surface area contributed by atoms with Gasteiger partial charge in [0.1, 0.15) is 0 Å². The Morgan fingerprint density at radius 3 is 2.45 bits per heavy atom. The predicted octanol–water partition coefficient (Wildman–Crippen LogP) is 3.11. The van der Waals surface area contributed by atoms with Crippen LogP contribution in [0.3, 0.4) is 0 Å². The summed E-state index contributed by atoms with van der Waals surface area (Å²) in [5, 5.41) is 4.76. The predicted molar refractivity (Wildman–Crippen MR) is 118 cm³/mol. The van der Waals surface area contributed by atoms with Gasteiger partial charge in [0.25, 0.3) is 5.91 Å². The Morgan fingerprint density at radius 1 is 1.19 bits per heavy atom. The number of amides is 4. The van der Waals surface area contributed by atoms with Crippen molar-refractivity contribution in [2.24, 2.45) is 5.92 Å². The van der Waals surface area contributed by atoms with Crippen molar-refractivity contribution in [3.8, 4) is 0 Å². The number of rotatable bonds is 6. The van der Waals surface area contributed by atoms with Crippen molar-refractivity contribution in [3.05, 3.63) is 29.8 Å². The van der Waals surface area contributed by atoms with Gasteiger partial charge < -0.3 is 15.0 Å². The Bertz CT molecular complexity index is 846. The van der Waals surface area contributed by atoms with Gasteiger partial charge in [-0.2, -0.15) is 0 Å². The first-order valence-corrected chi connectivity index (χ1v) is 10.7. The normalized spacial score (nSPS) is 18.3. The van der Waals surface area contributed by atoms with Crippen molar-refractivity contribution in [1.29, 1.82) is 0 Å². The molecule has 2 N–H and O–H groups in total. The van der Waals surface area contributed by atoms with E-state index in [-0.39, 0.29) is 24.8 Å². The summed E-state index contributed by atoms with van der Waals surface area (Å²) >= 11 is 0. The Balaban J connectivity index is 2.00. The third-order valence-electron chi connectivity index (χ3n) is 5.22. The van der Waals surface area contributed by atoms with Crippen LogP contribution in [0.4, 0.5) is 10.5 Å². The van der Waals surface area contributed by atoms with Gasteiger partial charge in [0.15, 0.2) is 6.10 Å². The first-order valence-electron chi connectivity index (χ1n) is 10.7. The molecule has 1 aliphatic rings. The molecule has 1 aromatic rings. The van der Waals surface area contributed by atoms with Crippen LogP contribution in [-0.4, -0.2) is 42.0 Å². The highest BCUT2D eigenvalue weighted by Gasteiger charge is 2.38. The second-order valence-corrected chi connectivity index (χ2v) is 9.05. The Morgan fingerprint density at radius 2 is 1.84 bits per heavy atom. The quantitative estimate of drug-likeness (QED) is 0.674. The van der Waals surface area contributed by atoms with Gasteiger partial charge >= 0.3 is 12.0 Å². The lowest BCUT2D eigenvalue weighted by atomic mass is 9.96. The standard InChI is InChI=1S/C23H33N3O5/c1-7-14(2)17-10-8-9-11-18(17)26-13-16(12-19(26)27)21(29)31-15(3)20(28)24-22(30)25-23(4,5)6/h8-11,14-16H,7,12-13H2,1-6H3,(H2,24,25,28,30)/t14-,15+,16+/m1/s1. The van der Waals surface area contributed by atoms with Crippen LogP contribution in [0.1, 0.15) is 65.9 Å². The molecule has 4 amide bonds. The average molecular weight is 432 g/mol. The molecular weight excluding hydrogens is 398 g/mol. The molecule has 2 rings (SSSR count). The lowest BCUT2D eigenvalue weighted by Crippen LogP contribution is -2.50. The third-order valence-corrected chi connectivity index (χ3v) is 5.22. The zero-order chi connectivity index (χ0) is 23.3. The number of hydrogen-bond acceptors (Lipinski definition) is 5. The number of imide groups is 1. The molecular formula is C23H33N3O5. The molecule has 1 aromatic carbocycles. The highest BCUT2D eigenvalue weighted by atomic mass is 16.5. The minimum Gasteiger partial charge on any atom is -0.452 e. The van der Waals surface area contributed by atoms with Crippen molar-refractivity contribution >= 4 is 29.5 Å². The summed E-state index contributed by atoms with van der Waals surface area (Å²) in [6.45, 7) is 11.1. The van der Waals surface area contributed by atoms with E-state index in [1.165, 1.54) is 6.92 Å². The van der Waals surface area contributed by atoms with Crippen molar-refractivity contribution in [1.82, 2.24) is 10.6 Å². The number of esters is 1. The smallest absolute Gasteiger partial charge is 0.321 e. The number of carbonyl (C=O) groups is 4. The Hall–Kier alpha value is -2.90. The first-order chi connectivity index (χ1) is 14.4. The maximum atomic E-state index is 12.6. The van der Waals surface area contributed by atoms with E-state index in [0.717, 1.165) is 17.7 Å². The van der Waals surface area contributed by atoms with E-state index in [2.05, 4.69) is 24.5 Å². The van der Waals surface area contributed by atoms with Gasteiger partial charge in [0.2, 0.25) is 5.91 Å². The fourth-order valence-electron chi connectivity index (χ4n) is 3.38. The van der Waals surface area contributed by atoms with Crippen LogP contribution in [0.2, 0.25) is 0 Å². The number of urea groups is 1. The van der Waals surface area contributed by atoms with Crippen LogP contribution in [0.25, 0.3) is 0 Å². The second kappa shape index (κ2) is 9.94. The van der Waals surface area contributed by atoms with Crippen LogP contribution in [0.15, 0.2) is 24.3 Å². The van der Waals surface area contributed by atoms with Crippen molar-refractivity contribution < 1.29 is 23.9 Å². The van der Waals surface area contributed by atoms with E-state index in [1.807, 2.05) is 24.3 Å². The first kappa shape index (κ1) is 24.4. The van der Waals surface area contributed by atoms with Crippen molar-refractivity contribution in [3.63, 3.8) is 0 Å². The highest BCUT2D eigenvalue weighted by molar-refractivity contribution is 6.01. The number of para-hydroxylation sites is 1. The third kappa shape index (κ3) is 6.54. The van der Waals surface area contributed by atoms with Crippen LogP contribution < -0.4 is 15.5 Å². The summed E-state index contributed by atoms with van der Waals surface area (Å²) in [6.07, 6.45) is -0.207. The van der Waals surface area contributed by atoms with Gasteiger partial charge in [-0.1, -0.05) is 32.0 Å². The summed E-state index contributed by atoms with van der Waals surface area (Å²) < 4.78 is 5.25. The largest absolute Gasteiger partial charge is 0.452 e. The van der Waals surface area contributed by atoms with Gasteiger partial charge in [-0.25, -0.2) is 4.79 Å². The summed E-state index contributed by atoms with van der Waals surface area (Å²) in [6, 6.07) is 7.03. The maximum Gasteiger partial charge on any atom is 0.321 e. The van der Waals surface area contributed by atoms with Crippen molar-refractivity contribution in [2.45, 2.75) is 71.9 Å². The van der Waals surface area contributed by atoms with Crippen LogP contribution in [-0.2, 0) is 19.1 Å². The highest BCUT2D eigenvalue weighted by Crippen LogP contribution is 2.33. The molecule has 0 aromatic heterocycles.